The molecular formula is C15H19O4P. The average molecular weight is 294 g/mol. The molecule has 108 valence electrons. The number of benzene rings is 1. The minimum absolute atomic E-state index is 0.101. The maximum absolute atomic E-state index is 11.3. The van der Waals surface area contributed by atoms with E-state index in [9.17, 15) is 14.4 Å². The molecule has 1 aromatic rings. The smallest absolute Gasteiger partial charge is 0.303 e. The van der Waals surface area contributed by atoms with E-state index in [1.807, 2.05) is 68.5 Å². The van der Waals surface area contributed by atoms with E-state index in [0.29, 0.717) is 0 Å². The van der Waals surface area contributed by atoms with Gasteiger partial charge in [0.1, 0.15) is 6.10 Å². The van der Waals surface area contributed by atoms with Gasteiger partial charge >= 0.3 is 7.82 Å². The number of allylic oxidation sites excluding steroid dienone is 3. The molecule has 0 fully saturated rings. The second-order valence-electron chi connectivity index (χ2n) is 5.29. The van der Waals surface area contributed by atoms with Crippen molar-refractivity contribution in [2.75, 3.05) is 0 Å². The molecule has 2 rings (SSSR count). The highest BCUT2D eigenvalue weighted by atomic mass is 31.2. The topological polar surface area (TPSA) is 66.8 Å². The van der Waals surface area contributed by atoms with Crippen LogP contribution in [-0.2, 0) is 9.09 Å². The molecule has 0 aromatic heterocycles. The van der Waals surface area contributed by atoms with E-state index < -0.39 is 19.3 Å². The first-order valence-electron chi connectivity index (χ1n) is 6.48. The van der Waals surface area contributed by atoms with Gasteiger partial charge in [0.25, 0.3) is 0 Å². The van der Waals surface area contributed by atoms with Crippen molar-refractivity contribution in [3.63, 3.8) is 0 Å². The van der Waals surface area contributed by atoms with E-state index in [2.05, 4.69) is 0 Å². The molecule has 3 unspecified atom stereocenters. The van der Waals surface area contributed by atoms with E-state index in [4.69, 9.17) is 4.52 Å². The lowest BCUT2D eigenvalue weighted by atomic mass is 9.69. The van der Waals surface area contributed by atoms with E-state index in [-0.39, 0.29) is 5.92 Å². The Morgan fingerprint density at radius 2 is 1.90 bits per heavy atom. The number of phosphoric ester groups is 1. The Hall–Kier alpha value is -1.19. The van der Waals surface area contributed by atoms with Crippen LogP contribution in [-0.4, -0.2) is 9.79 Å². The van der Waals surface area contributed by atoms with Crippen LogP contribution in [0, 0.1) is 11.3 Å². The summed E-state index contributed by atoms with van der Waals surface area (Å²) in [5.41, 5.74) is 0.238. The van der Waals surface area contributed by atoms with E-state index >= 15 is 0 Å². The minimum Gasteiger partial charge on any atom is -0.303 e. The number of phosphoric acid groups is 1. The zero-order chi connectivity index (χ0) is 14.8. The van der Waals surface area contributed by atoms with Gasteiger partial charge in [0.15, 0.2) is 0 Å². The quantitative estimate of drug-likeness (QED) is 0.833. The fraction of sp³-hybridized carbons (Fsp3) is 0.333. The largest absolute Gasteiger partial charge is 0.470 e. The summed E-state index contributed by atoms with van der Waals surface area (Å²) in [5.74, 6) is 0.101. The minimum atomic E-state index is -4.58. The first kappa shape index (κ1) is 15.2. The van der Waals surface area contributed by atoms with Crippen LogP contribution in [0.25, 0.3) is 0 Å². The lowest BCUT2D eigenvalue weighted by Crippen LogP contribution is -2.32. The van der Waals surface area contributed by atoms with Crippen molar-refractivity contribution in [3.8, 4) is 0 Å². The first-order valence-corrected chi connectivity index (χ1v) is 8.01. The fourth-order valence-electron chi connectivity index (χ4n) is 2.48. The Bertz CT molecular complexity index is 560. The fourth-order valence-corrected chi connectivity index (χ4v) is 3.10. The zero-order valence-electron chi connectivity index (χ0n) is 11.5. The summed E-state index contributed by atoms with van der Waals surface area (Å²) in [5, 5.41) is 0. The van der Waals surface area contributed by atoms with Crippen molar-refractivity contribution in [2.45, 2.75) is 20.0 Å². The van der Waals surface area contributed by atoms with Crippen LogP contribution >= 0.6 is 7.82 Å². The highest BCUT2D eigenvalue weighted by Crippen LogP contribution is 2.53. The maximum Gasteiger partial charge on any atom is 0.470 e. The van der Waals surface area contributed by atoms with E-state index in [1.54, 1.807) is 0 Å². The van der Waals surface area contributed by atoms with Crippen LogP contribution in [0.5, 0.6) is 0 Å². The van der Waals surface area contributed by atoms with Gasteiger partial charge in [0, 0.05) is 5.41 Å². The van der Waals surface area contributed by atoms with Crippen molar-refractivity contribution in [3.05, 3.63) is 60.2 Å². The van der Waals surface area contributed by atoms with Gasteiger partial charge in [0.2, 0.25) is 0 Å². The van der Waals surface area contributed by atoms with Gasteiger partial charge in [-0.2, -0.15) is 0 Å². The van der Waals surface area contributed by atoms with Crippen LogP contribution in [0.15, 0.2) is 54.6 Å². The summed E-state index contributed by atoms with van der Waals surface area (Å²) < 4.78 is 16.5. The molecule has 20 heavy (non-hydrogen) atoms. The van der Waals surface area contributed by atoms with Gasteiger partial charge in [0.05, 0.1) is 0 Å². The van der Waals surface area contributed by atoms with Crippen molar-refractivity contribution in [2.24, 2.45) is 11.3 Å². The van der Waals surface area contributed by atoms with Gasteiger partial charge in [-0.3, -0.25) is 4.52 Å². The molecule has 5 heteroatoms. The normalized spacial score (nSPS) is 27.5. The molecule has 1 aromatic carbocycles. The van der Waals surface area contributed by atoms with Crippen LogP contribution in [0.3, 0.4) is 0 Å². The monoisotopic (exact) mass is 294 g/mol. The first-order chi connectivity index (χ1) is 9.33. The number of rotatable bonds is 4. The highest BCUT2D eigenvalue weighted by molar-refractivity contribution is 7.46. The van der Waals surface area contributed by atoms with Crippen LogP contribution in [0.4, 0.5) is 0 Å². The summed E-state index contributed by atoms with van der Waals surface area (Å²) >= 11 is 0. The van der Waals surface area contributed by atoms with E-state index in [0.717, 1.165) is 5.56 Å². The molecule has 0 heterocycles. The molecule has 0 saturated heterocycles. The summed E-state index contributed by atoms with van der Waals surface area (Å²) in [6.45, 7) is 3.96. The summed E-state index contributed by atoms with van der Waals surface area (Å²) in [6, 6.07) is 9.18. The molecule has 0 bridgehead atoms. The Kier molecular flexibility index (Phi) is 4.31. The molecule has 1 aliphatic rings. The summed E-state index contributed by atoms with van der Waals surface area (Å²) in [4.78, 5) is 18.5. The molecule has 0 saturated carbocycles. The number of hydrogen-bond donors (Lipinski definition) is 2. The van der Waals surface area contributed by atoms with Crippen molar-refractivity contribution < 1.29 is 18.9 Å². The van der Waals surface area contributed by atoms with Crippen molar-refractivity contribution in [1.29, 1.82) is 0 Å². The molecule has 0 radical (unpaired) electrons. The molecule has 3 atom stereocenters. The summed E-state index contributed by atoms with van der Waals surface area (Å²) in [6.07, 6.45) is 7.08. The molecule has 4 nitrogen and oxygen atoms in total. The zero-order valence-corrected chi connectivity index (χ0v) is 12.4. The predicted molar refractivity (Wildman–Crippen MR) is 77.9 cm³/mol. The van der Waals surface area contributed by atoms with Crippen LogP contribution < -0.4 is 0 Å². The molecule has 0 aliphatic heterocycles. The van der Waals surface area contributed by atoms with Crippen molar-refractivity contribution >= 4 is 7.82 Å². The second-order valence-corrected chi connectivity index (χ2v) is 6.48. The number of hydrogen-bond acceptors (Lipinski definition) is 2. The van der Waals surface area contributed by atoms with Crippen LogP contribution in [0.1, 0.15) is 25.5 Å². The molecule has 0 amide bonds. The molecule has 0 spiro atoms. The van der Waals surface area contributed by atoms with Crippen LogP contribution in [0.2, 0.25) is 0 Å². The Labute approximate surface area is 119 Å². The van der Waals surface area contributed by atoms with Gasteiger partial charge < -0.3 is 9.79 Å². The summed E-state index contributed by atoms with van der Waals surface area (Å²) in [7, 11) is -4.58. The molecule has 1 aliphatic carbocycles. The Morgan fingerprint density at radius 1 is 1.25 bits per heavy atom. The average Bonchev–Trinajstić information content (AvgIpc) is 2.40. The Morgan fingerprint density at radius 3 is 2.45 bits per heavy atom. The van der Waals surface area contributed by atoms with Gasteiger partial charge in [-0.1, -0.05) is 68.5 Å². The standard InChI is InChI=1S/C15H19O4P/c1-12-8-6-7-11-15(12,2)14(19-20(16,17)18)13-9-4-3-5-10-13/h3-12,14H,1-2H3,(H2,16,17,18). The predicted octanol–water partition coefficient (Wildman–Crippen LogP) is 3.61. The third kappa shape index (κ3) is 3.28. The van der Waals surface area contributed by atoms with Gasteiger partial charge in [-0.05, 0) is 11.5 Å². The molecular weight excluding hydrogens is 275 g/mol. The second kappa shape index (κ2) is 5.66. The third-order valence-electron chi connectivity index (χ3n) is 3.86. The van der Waals surface area contributed by atoms with Gasteiger partial charge in [-0.15, -0.1) is 0 Å². The third-order valence-corrected chi connectivity index (χ3v) is 4.34. The lowest BCUT2D eigenvalue weighted by Gasteiger charge is -2.40. The highest BCUT2D eigenvalue weighted by Gasteiger charge is 2.42. The van der Waals surface area contributed by atoms with Crippen molar-refractivity contribution in [1.82, 2.24) is 0 Å². The SMILES string of the molecule is CC1C=CC=CC1(C)C(OP(=O)(O)O)c1ccccc1. The Balaban J connectivity index is 2.44. The lowest BCUT2D eigenvalue weighted by molar-refractivity contribution is 0.0381. The molecule has 2 N–H and O–H groups in total. The maximum atomic E-state index is 11.3. The van der Waals surface area contributed by atoms with E-state index in [1.165, 1.54) is 0 Å². The van der Waals surface area contributed by atoms with Gasteiger partial charge in [-0.25, -0.2) is 4.57 Å².